The molecule has 0 aliphatic carbocycles. The van der Waals surface area contributed by atoms with Gasteiger partial charge >= 0.3 is 0 Å². The quantitative estimate of drug-likeness (QED) is 0.392. The third kappa shape index (κ3) is 0.850. The van der Waals surface area contributed by atoms with Crippen LogP contribution in [0.3, 0.4) is 0 Å². The van der Waals surface area contributed by atoms with Gasteiger partial charge in [-0.05, 0) is 18.9 Å². The predicted molar refractivity (Wildman–Crippen MR) is 32.6 cm³/mol. The van der Waals surface area contributed by atoms with Gasteiger partial charge in [0.2, 0.25) is 0 Å². The van der Waals surface area contributed by atoms with Crippen molar-refractivity contribution in [3.05, 3.63) is 10.6 Å². The fourth-order valence-corrected chi connectivity index (χ4v) is 0.974. The summed E-state index contributed by atoms with van der Waals surface area (Å²) < 4.78 is 0. The zero-order valence-electron chi connectivity index (χ0n) is 4.39. The van der Waals surface area contributed by atoms with Gasteiger partial charge in [-0.3, -0.25) is 4.79 Å². The number of nitrogens with one attached hydrogen (secondary N) is 2. The molecule has 4 heteroatoms. The molecular formula is C4H6N2OS. The Kier molecular flexibility index (Phi) is 1.55. The van der Waals surface area contributed by atoms with E-state index in [9.17, 15) is 4.79 Å². The smallest absolute Gasteiger partial charge is 0.159 e. The summed E-state index contributed by atoms with van der Waals surface area (Å²) in [6.45, 7) is 1.84. The molecule has 0 bridgehead atoms. The van der Waals surface area contributed by atoms with Gasteiger partial charge in [-0.25, -0.2) is 0 Å². The number of aldehydes is 1. The zero-order valence-corrected chi connectivity index (χ0v) is 5.21. The van der Waals surface area contributed by atoms with Crippen molar-refractivity contribution in [2.75, 3.05) is 0 Å². The van der Waals surface area contributed by atoms with Crippen molar-refractivity contribution in [1.82, 2.24) is 10.3 Å². The molecule has 0 radical (unpaired) electrons. The first kappa shape index (κ1) is 5.65. The highest BCUT2D eigenvalue weighted by atomic mass is 32.2. The maximum Gasteiger partial charge on any atom is 0.159 e. The second-order valence-electron chi connectivity index (χ2n) is 1.44. The minimum absolute atomic E-state index is 0.727. The Balaban J connectivity index is 2.72. The van der Waals surface area contributed by atoms with E-state index in [-0.39, 0.29) is 0 Å². The number of hydrazine groups is 1. The van der Waals surface area contributed by atoms with E-state index in [1.807, 2.05) is 6.92 Å². The lowest BCUT2D eigenvalue weighted by molar-refractivity contribution is -0.104. The molecule has 1 aliphatic rings. The molecule has 2 N–H and O–H groups in total. The van der Waals surface area contributed by atoms with E-state index < -0.39 is 0 Å². The van der Waals surface area contributed by atoms with Crippen LogP contribution < -0.4 is 10.3 Å². The third-order valence-corrected chi connectivity index (χ3v) is 1.70. The van der Waals surface area contributed by atoms with Crippen molar-refractivity contribution in [1.29, 1.82) is 0 Å². The largest absolute Gasteiger partial charge is 0.315 e. The SMILES string of the molecule is CC1=C(C=O)SNN1. The molecular weight excluding hydrogens is 124 g/mol. The highest BCUT2D eigenvalue weighted by Crippen LogP contribution is 2.16. The molecule has 1 heterocycles. The van der Waals surface area contributed by atoms with Crippen molar-refractivity contribution in [2.45, 2.75) is 6.92 Å². The molecule has 3 nitrogen and oxygen atoms in total. The standard InChI is InChI=1S/C4H6N2OS/c1-3-4(2-7)8-6-5-3/h2,5-6H,1H3. The second-order valence-corrected chi connectivity index (χ2v) is 2.28. The second kappa shape index (κ2) is 2.19. The van der Waals surface area contributed by atoms with Crippen LogP contribution in [0.5, 0.6) is 0 Å². The van der Waals surface area contributed by atoms with Crippen LogP contribution in [0, 0.1) is 0 Å². The van der Waals surface area contributed by atoms with Gasteiger partial charge in [-0.2, -0.15) is 4.83 Å². The molecule has 1 aliphatic heterocycles. The van der Waals surface area contributed by atoms with Crippen LogP contribution in [0.15, 0.2) is 10.6 Å². The van der Waals surface area contributed by atoms with Crippen molar-refractivity contribution >= 4 is 18.2 Å². The van der Waals surface area contributed by atoms with Gasteiger partial charge in [0.25, 0.3) is 0 Å². The van der Waals surface area contributed by atoms with Gasteiger partial charge in [0.15, 0.2) is 6.29 Å². The number of carbonyl (C=O) groups excluding carboxylic acids is 1. The van der Waals surface area contributed by atoms with E-state index in [4.69, 9.17) is 0 Å². The summed E-state index contributed by atoms with van der Waals surface area (Å²) in [7, 11) is 0. The highest BCUT2D eigenvalue weighted by Gasteiger charge is 2.07. The Morgan fingerprint density at radius 1 is 1.75 bits per heavy atom. The number of hydrogen-bond donors (Lipinski definition) is 2. The molecule has 8 heavy (non-hydrogen) atoms. The summed E-state index contributed by atoms with van der Waals surface area (Å²) >= 11 is 1.30. The average Bonchev–Trinajstić information content (AvgIpc) is 2.14. The van der Waals surface area contributed by atoms with E-state index >= 15 is 0 Å². The van der Waals surface area contributed by atoms with Crippen molar-refractivity contribution in [2.24, 2.45) is 0 Å². The molecule has 0 saturated carbocycles. The first-order chi connectivity index (χ1) is 3.84. The van der Waals surface area contributed by atoms with E-state index in [1.165, 1.54) is 11.9 Å². The molecule has 1 rings (SSSR count). The van der Waals surface area contributed by atoms with Gasteiger partial charge in [0, 0.05) is 5.70 Å². The number of hydrogen-bond acceptors (Lipinski definition) is 4. The lowest BCUT2D eigenvalue weighted by Gasteiger charge is -1.89. The zero-order chi connectivity index (χ0) is 5.98. The molecule has 0 saturated heterocycles. The molecule has 0 aromatic heterocycles. The summed E-state index contributed by atoms with van der Waals surface area (Å²) in [5.74, 6) is 0. The third-order valence-electron chi connectivity index (χ3n) is 0.876. The number of rotatable bonds is 1. The van der Waals surface area contributed by atoms with Gasteiger partial charge in [-0.15, -0.1) is 0 Å². The van der Waals surface area contributed by atoms with E-state index in [0.717, 1.165) is 16.9 Å². The van der Waals surface area contributed by atoms with Crippen molar-refractivity contribution in [3.8, 4) is 0 Å². The van der Waals surface area contributed by atoms with Gasteiger partial charge in [-0.1, -0.05) is 0 Å². The van der Waals surface area contributed by atoms with Crippen molar-refractivity contribution in [3.63, 3.8) is 0 Å². The number of allylic oxidation sites excluding steroid dienone is 2. The van der Waals surface area contributed by atoms with Gasteiger partial charge in [0.05, 0.1) is 4.91 Å². The average molecular weight is 130 g/mol. The molecule has 0 aromatic rings. The Hall–Kier alpha value is -0.480. The molecule has 0 fully saturated rings. The summed E-state index contributed by atoms with van der Waals surface area (Å²) in [6.07, 6.45) is 0.826. The van der Waals surface area contributed by atoms with Crippen LogP contribution in [-0.2, 0) is 4.79 Å². The van der Waals surface area contributed by atoms with Crippen LogP contribution in [0.25, 0.3) is 0 Å². The topological polar surface area (TPSA) is 41.1 Å². The number of carbonyl (C=O) groups is 1. The molecule has 0 spiro atoms. The molecule has 0 aromatic carbocycles. The minimum atomic E-state index is 0.727. The maximum absolute atomic E-state index is 10.1. The Morgan fingerprint density at radius 3 is 2.75 bits per heavy atom. The normalized spacial score (nSPS) is 18.6. The molecule has 0 amide bonds. The maximum atomic E-state index is 10.1. The van der Waals surface area contributed by atoms with Gasteiger partial charge < -0.3 is 5.43 Å². The summed E-state index contributed by atoms with van der Waals surface area (Å²) in [4.78, 5) is 13.5. The van der Waals surface area contributed by atoms with Gasteiger partial charge in [0.1, 0.15) is 0 Å². The Morgan fingerprint density at radius 2 is 2.50 bits per heavy atom. The highest BCUT2D eigenvalue weighted by molar-refractivity contribution is 8.02. The predicted octanol–water partition coefficient (Wildman–Crippen LogP) is 0.173. The van der Waals surface area contributed by atoms with Crippen molar-refractivity contribution < 1.29 is 4.79 Å². The summed E-state index contributed by atoms with van der Waals surface area (Å²) in [5, 5.41) is 0. The minimum Gasteiger partial charge on any atom is -0.315 e. The summed E-state index contributed by atoms with van der Waals surface area (Å²) in [6, 6.07) is 0. The molecule has 0 unspecified atom stereocenters. The van der Waals surface area contributed by atoms with E-state index in [1.54, 1.807) is 0 Å². The van der Waals surface area contributed by atoms with Crippen LogP contribution in [0.2, 0.25) is 0 Å². The first-order valence-corrected chi connectivity index (χ1v) is 3.00. The van der Waals surface area contributed by atoms with Crippen LogP contribution in [-0.4, -0.2) is 6.29 Å². The first-order valence-electron chi connectivity index (χ1n) is 2.18. The van der Waals surface area contributed by atoms with Crippen LogP contribution in [0.1, 0.15) is 6.92 Å². The fourth-order valence-electron chi connectivity index (χ4n) is 0.408. The monoisotopic (exact) mass is 130 g/mol. The van der Waals surface area contributed by atoms with E-state index in [2.05, 4.69) is 10.3 Å². The Bertz CT molecular complexity index is 143. The fraction of sp³-hybridized carbons (Fsp3) is 0.250. The summed E-state index contributed by atoms with van der Waals surface area (Å²) in [5.41, 5.74) is 3.68. The van der Waals surface area contributed by atoms with E-state index in [0.29, 0.717) is 0 Å². The molecule has 0 atom stereocenters. The Labute approximate surface area is 51.6 Å². The van der Waals surface area contributed by atoms with Crippen LogP contribution >= 0.6 is 11.9 Å². The molecule has 44 valence electrons. The lowest BCUT2D eigenvalue weighted by Crippen LogP contribution is -2.16. The van der Waals surface area contributed by atoms with Crippen LogP contribution in [0.4, 0.5) is 0 Å². The lowest BCUT2D eigenvalue weighted by atomic mass is 10.5.